The van der Waals surface area contributed by atoms with Crippen molar-refractivity contribution in [1.82, 2.24) is 19.6 Å². The summed E-state index contributed by atoms with van der Waals surface area (Å²) in [5.41, 5.74) is 3.66. The highest BCUT2D eigenvalue weighted by Gasteiger charge is 2.08. The van der Waals surface area contributed by atoms with Gasteiger partial charge in [0.25, 0.3) is 0 Å². The molecule has 0 fully saturated rings. The molecule has 0 radical (unpaired) electrons. The molecule has 0 aliphatic carbocycles. The third kappa shape index (κ3) is 4.48. The Labute approximate surface area is 151 Å². The summed E-state index contributed by atoms with van der Waals surface area (Å²) in [7, 11) is 0. The van der Waals surface area contributed by atoms with E-state index in [0.29, 0.717) is 30.2 Å². The number of hydrogen-bond acceptors (Lipinski definition) is 3. The fourth-order valence-corrected chi connectivity index (χ4v) is 2.84. The standard InChI is InChI=1S/C18H20ClN5O/c1-13-9-14(2)24(22-13)8-7-18(25)21-16-10-20-23(12-16)11-15-5-3-4-6-17(15)19/h3-6,9-10,12H,7-8,11H2,1-2H3,(H,21,25). The van der Waals surface area contributed by atoms with Gasteiger partial charge in [0.2, 0.25) is 5.91 Å². The topological polar surface area (TPSA) is 64.7 Å². The monoisotopic (exact) mass is 357 g/mol. The van der Waals surface area contributed by atoms with E-state index >= 15 is 0 Å². The molecule has 0 saturated carbocycles. The second-order valence-corrected chi connectivity index (χ2v) is 6.37. The molecular weight excluding hydrogens is 338 g/mol. The van der Waals surface area contributed by atoms with Crippen molar-refractivity contribution < 1.29 is 4.79 Å². The minimum absolute atomic E-state index is 0.0650. The van der Waals surface area contributed by atoms with Crippen molar-refractivity contribution in [2.24, 2.45) is 0 Å². The van der Waals surface area contributed by atoms with Crippen LogP contribution in [0.1, 0.15) is 23.4 Å². The minimum atomic E-state index is -0.0650. The lowest BCUT2D eigenvalue weighted by molar-refractivity contribution is -0.116. The highest BCUT2D eigenvalue weighted by Crippen LogP contribution is 2.17. The lowest BCUT2D eigenvalue weighted by Crippen LogP contribution is -2.15. The van der Waals surface area contributed by atoms with Gasteiger partial charge in [-0.05, 0) is 31.5 Å². The van der Waals surface area contributed by atoms with Gasteiger partial charge in [-0.2, -0.15) is 10.2 Å². The largest absolute Gasteiger partial charge is 0.323 e. The smallest absolute Gasteiger partial charge is 0.226 e. The number of aryl methyl sites for hydroxylation is 3. The second-order valence-electron chi connectivity index (χ2n) is 5.97. The van der Waals surface area contributed by atoms with E-state index in [0.717, 1.165) is 17.0 Å². The molecule has 0 bridgehead atoms. The number of halogens is 1. The van der Waals surface area contributed by atoms with Crippen LogP contribution in [-0.4, -0.2) is 25.5 Å². The van der Waals surface area contributed by atoms with Crippen molar-refractivity contribution in [2.45, 2.75) is 33.4 Å². The first-order valence-electron chi connectivity index (χ1n) is 8.08. The molecule has 0 spiro atoms. The van der Waals surface area contributed by atoms with Crippen molar-refractivity contribution in [3.8, 4) is 0 Å². The summed E-state index contributed by atoms with van der Waals surface area (Å²) in [5.74, 6) is -0.0650. The Morgan fingerprint density at radius 1 is 1.28 bits per heavy atom. The van der Waals surface area contributed by atoms with Gasteiger partial charge in [-0.3, -0.25) is 14.2 Å². The highest BCUT2D eigenvalue weighted by molar-refractivity contribution is 6.31. The Bertz CT molecular complexity index is 883. The van der Waals surface area contributed by atoms with Gasteiger partial charge in [0.15, 0.2) is 0 Å². The molecule has 0 saturated heterocycles. The van der Waals surface area contributed by atoms with Crippen molar-refractivity contribution in [3.63, 3.8) is 0 Å². The van der Waals surface area contributed by atoms with Crippen LogP contribution in [-0.2, 0) is 17.9 Å². The molecule has 2 aromatic heterocycles. The van der Waals surface area contributed by atoms with Crippen molar-refractivity contribution in [3.05, 3.63) is 64.7 Å². The number of carbonyl (C=O) groups is 1. The Kier molecular flexibility index (Phi) is 5.19. The molecule has 0 aliphatic rings. The van der Waals surface area contributed by atoms with Gasteiger partial charge in [0.1, 0.15) is 0 Å². The number of benzene rings is 1. The van der Waals surface area contributed by atoms with Crippen LogP contribution in [0, 0.1) is 13.8 Å². The number of aromatic nitrogens is 4. The van der Waals surface area contributed by atoms with E-state index in [9.17, 15) is 4.79 Å². The first-order chi connectivity index (χ1) is 12.0. The zero-order chi connectivity index (χ0) is 17.8. The first-order valence-corrected chi connectivity index (χ1v) is 8.46. The number of nitrogens with zero attached hydrogens (tertiary/aromatic N) is 4. The van der Waals surface area contributed by atoms with Crippen LogP contribution in [0.4, 0.5) is 5.69 Å². The quantitative estimate of drug-likeness (QED) is 0.735. The predicted molar refractivity (Wildman–Crippen MR) is 97.7 cm³/mol. The molecule has 1 amide bonds. The fourth-order valence-electron chi connectivity index (χ4n) is 2.65. The summed E-state index contributed by atoms with van der Waals surface area (Å²) in [4.78, 5) is 12.1. The van der Waals surface area contributed by atoms with Crippen LogP contribution in [0.15, 0.2) is 42.7 Å². The van der Waals surface area contributed by atoms with E-state index in [-0.39, 0.29) is 5.91 Å². The molecule has 7 heteroatoms. The summed E-state index contributed by atoms with van der Waals surface area (Å²) >= 11 is 6.16. The number of nitrogens with one attached hydrogen (secondary N) is 1. The number of carbonyl (C=O) groups excluding carboxylic acids is 1. The van der Waals surface area contributed by atoms with Crippen LogP contribution >= 0.6 is 11.6 Å². The lowest BCUT2D eigenvalue weighted by atomic mass is 10.2. The van der Waals surface area contributed by atoms with Crippen LogP contribution in [0.25, 0.3) is 0 Å². The van der Waals surface area contributed by atoms with Crippen LogP contribution in [0.2, 0.25) is 5.02 Å². The molecule has 1 N–H and O–H groups in total. The Morgan fingerprint density at radius 2 is 2.08 bits per heavy atom. The van der Waals surface area contributed by atoms with Gasteiger partial charge in [-0.25, -0.2) is 0 Å². The zero-order valence-corrected chi connectivity index (χ0v) is 15.0. The van der Waals surface area contributed by atoms with Crippen LogP contribution in [0.3, 0.4) is 0 Å². The first kappa shape index (κ1) is 17.2. The number of amides is 1. The van der Waals surface area contributed by atoms with Gasteiger partial charge >= 0.3 is 0 Å². The number of anilines is 1. The summed E-state index contributed by atoms with van der Waals surface area (Å²) in [6.45, 7) is 5.04. The Morgan fingerprint density at radius 3 is 2.80 bits per heavy atom. The molecule has 3 aromatic rings. The van der Waals surface area contributed by atoms with Crippen molar-refractivity contribution in [1.29, 1.82) is 0 Å². The summed E-state index contributed by atoms with van der Waals surface area (Å²) in [6.07, 6.45) is 3.79. The summed E-state index contributed by atoms with van der Waals surface area (Å²) < 4.78 is 3.59. The maximum absolute atomic E-state index is 12.1. The third-order valence-electron chi connectivity index (χ3n) is 3.86. The summed E-state index contributed by atoms with van der Waals surface area (Å²) in [6, 6.07) is 9.63. The normalized spacial score (nSPS) is 10.8. The number of hydrogen-bond donors (Lipinski definition) is 1. The van der Waals surface area contributed by atoms with Gasteiger partial charge in [-0.1, -0.05) is 29.8 Å². The third-order valence-corrected chi connectivity index (χ3v) is 4.23. The molecule has 0 unspecified atom stereocenters. The molecule has 0 atom stereocenters. The Hall–Kier alpha value is -2.60. The number of rotatable bonds is 6. The highest BCUT2D eigenvalue weighted by atomic mass is 35.5. The average Bonchev–Trinajstić information content (AvgIpc) is 3.13. The van der Waals surface area contributed by atoms with E-state index in [4.69, 9.17) is 11.6 Å². The SMILES string of the molecule is Cc1cc(C)n(CCC(=O)Nc2cnn(Cc3ccccc3Cl)c2)n1. The molecule has 6 nitrogen and oxygen atoms in total. The van der Waals surface area contributed by atoms with E-state index < -0.39 is 0 Å². The molecule has 25 heavy (non-hydrogen) atoms. The van der Waals surface area contributed by atoms with Gasteiger partial charge in [0.05, 0.1) is 24.1 Å². The van der Waals surface area contributed by atoms with Gasteiger partial charge < -0.3 is 5.32 Å². The fraction of sp³-hybridized carbons (Fsp3) is 0.278. The second kappa shape index (κ2) is 7.53. The summed E-state index contributed by atoms with van der Waals surface area (Å²) in [5, 5.41) is 12.2. The minimum Gasteiger partial charge on any atom is -0.323 e. The molecule has 2 heterocycles. The predicted octanol–water partition coefficient (Wildman–Crippen LogP) is 3.43. The molecule has 130 valence electrons. The molecule has 1 aromatic carbocycles. The maximum atomic E-state index is 12.1. The van der Waals surface area contributed by atoms with E-state index in [1.165, 1.54) is 0 Å². The lowest BCUT2D eigenvalue weighted by Gasteiger charge is -2.05. The van der Waals surface area contributed by atoms with Crippen LogP contribution in [0.5, 0.6) is 0 Å². The van der Waals surface area contributed by atoms with Crippen LogP contribution < -0.4 is 5.32 Å². The van der Waals surface area contributed by atoms with E-state index in [1.807, 2.05) is 48.9 Å². The van der Waals surface area contributed by atoms with Gasteiger partial charge in [0, 0.05) is 29.9 Å². The molecular formula is C18H20ClN5O. The Balaban J connectivity index is 1.55. The molecule has 3 rings (SSSR count). The molecule has 0 aliphatic heterocycles. The van der Waals surface area contributed by atoms with Crippen molar-refractivity contribution in [2.75, 3.05) is 5.32 Å². The van der Waals surface area contributed by atoms with Crippen molar-refractivity contribution >= 4 is 23.2 Å². The average molecular weight is 358 g/mol. The van der Waals surface area contributed by atoms with E-state index in [2.05, 4.69) is 15.5 Å². The van der Waals surface area contributed by atoms with E-state index in [1.54, 1.807) is 17.1 Å². The zero-order valence-electron chi connectivity index (χ0n) is 14.2. The maximum Gasteiger partial charge on any atom is 0.226 e. The van der Waals surface area contributed by atoms with Gasteiger partial charge in [-0.15, -0.1) is 0 Å².